The van der Waals surface area contributed by atoms with Crippen molar-refractivity contribution in [2.24, 2.45) is 0 Å². The van der Waals surface area contributed by atoms with Gasteiger partial charge in [-0.2, -0.15) is 0 Å². The highest BCUT2D eigenvalue weighted by Gasteiger charge is 2.25. The second-order valence-corrected chi connectivity index (χ2v) is 6.44. The number of pyridine rings is 1. The van der Waals surface area contributed by atoms with Gasteiger partial charge in [-0.1, -0.05) is 29.8 Å². The Bertz CT molecular complexity index is 850. The van der Waals surface area contributed by atoms with E-state index in [1.807, 2.05) is 18.2 Å². The summed E-state index contributed by atoms with van der Waals surface area (Å²) in [5, 5.41) is 11.0. The Hall–Kier alpha value is -2.31. The molecule has 0 aliphatic heterocycles. The van der Waals surface area contributed by atoms with Gasteiger partial charge in [0, 0.05) is 16.8 Å². The minimum absolute atomic E-state index is 0.309. The smallest absolute Gasteiger partial charge is 0.314 e. The highest BCUT2D eigenvalue weighted by atomic mass is 35.5. The van der Waals surface area contributed by atoms with Crippen LogP contribution in [-0.2, 0) is 4.79 Å². The van der Waals surface area contributed by atoms with Crippen molar-refractivity contribution >= 4 is 29.3 Å². The van der Waals surface area contributed by atoms with E-state index in [4.69, 9.17) is 16.0 Å². The van der Waals surface area contributed by atoms with Crippen LogP contribution in [0.4, 0.5) is 0 Å². The number of hydrogen-bond acceptors (Lipinski definition) is 5. The molecule has 0 amide bonds. The van der Waals surface area contributed by atoms with Crippen LogP contribution in [0.3, 0.4) is 0 Å². The first-order valence-electron chi connectivity index (χ1n) is 7.13. The second kappa shape index (κ2) is 7.07. The summed E-state index contributed by atoms with van der Waals surface area (Å²) in [5.74, 6) is -1.49. The van der Waals surface area contributed by atoms with Crippen molar-refractivity contribution in [3.8, 4) is 11.3 Å². The molecule has 0 spiro atoms. The standard InChI is InChI=1S/C17H13ClN2O3S/c1-10(16(21)22)15-14(11-5-7-12(18)8-6-11)20-17(23-15)24-13-4-2-3-9-19-13/h2-10H,1H3,(H,21,22). The monoisotopic (exact) mass is 360 g/mol. The van der Waals surface area contributed by atoms with Crippen LogP contribution < -0.4 is 0 Å². The third-order valence-electron chi connectivity index (χ3n) is 3.34. The van der Waals surface area contributed by atoms with Crippen molar-refractivity contribution in [2.75, 3.05) is 0 Å². The normalized spacial score (nSPS) is 12.1. The number of carbonyl (C=O) groups is 1. The molecule has 1 unspecified atom stereocenters. The van der Waals surface area contributed by atoms with Crippen molar-refractivity contribution in [3.05, 3.63) is 59.4 Å². The van der Waals surface area contributed by atoms with Crippen molar-refractivity contribution in [1.82, 2.24) is 9.97 Å². The van der Waals surface area contributed by atoms with Crippen LogP contribution in [0, 0.1) is 0 Å². The summed E-state index contributed by atoms with van der Waals surface area (Å²) >= 11 is 7.16. The lowest BCUT2D eigenvalue weighted by molar-refractivity contribution is -0.138. The fourth-order valence-corrected chi connectivity index (χ4v) is 2.91. The number of benzene rings is 1. The van der Waals surface area contributed by atoms with E-state index in [-0.39, 0.29) is 0 Å². The molecule has 0 fully saturated rings. The van der Waals surface area contributed by atoms with Crippen LogP contribution in [0.2, 0.25) is 5.02 Å². The Kier molecular flexibility index (Phi) is 4.87. The molecule has 7 heteroatoms. The molecule has 1 N–H and O–H groups in total. The molecule has 1 atom stereocenters. The lowest BCUT2D eigenvalue weighted by atomic mass is 10.0. The van der Waals surface area contributed by atoms with E-state index in [0.717, 1.165) is 10.6 Å². The quantitative estimate of drug-likeness (QED) is 0.708. The summed E-state index contributed by atoms with van der Waals surface area (Å²) in [7, 11) is 0. The number of carboxylic acids is 1. The minimum Gasteiger partial charge on any atom is -0.481 e. The van der Waals surface area contributed by atoms with E-state index in [2.05, 4.69) is 9.97 Å². The van der Waals surface area contributed by atoms with Crippen LogP contribution in [0.15, 0.2) is 63.3 Å². The molecular formula is C17H13ClN2O3S. The van der Waals surface area contributed by atoms with Gasteiger partial charge in [0.05, 0.1) is 0 Å². The fourth-order valence-electron chi connectivity index (χ4n) is 2.07. The summed E-state index contributed by atoms with van der Waals surface area (Å²) in [5.41, 5.74) is 1.25. The third-order valence-corrected chi connectivity index (χ3v) is 4.40. The molecule has 5 nitrogen and oxygen atoms in total. The molecule has 24 heavy (non-hydrogen) atoms. The molecule has 3 aromatic rings. The molecule has 2 heterocycles. The molecule has 122 valence electrons. The van der Waals surface area contributed by atoms with Crippen molar-refractivity contribution < 1.29 is 14.3 Å². The van der Waals surface area contributed by atoms with Gasteiger partial charge in [0.15, 0.2) is 0 Å². The summed E-state index contributed by atoms with van der Waals surface area (Å²) in [6, 6.07) is 12.5. The average Bonchev–Trinajstić information content (AvgIpc) is 2.99. The zero-order chi connectivity index (χ0) is 17.1. The van der Waals surface area contributed by atoms with Gasteiger partial charge < -0.3 is 9.52 Å². The van der Waals surface area contributed by atoms with Gasteiger partial charge in [-0.25, -0.2) is 9.97 Å². The number of hydrogen-bond donors (Lipinski definition) is 1. The Morgan fingerprint density at radius 3 is 2.62 bits per heavy atom. The van der Waals surface area contributed by atoms with Gasteiger partial charge in [0.1, 0.15) is 22.4 Å². The Balaban J connectivity index is 2.02. The molecule has 0 saturated heterocycles. The van der Waals surface area contributed by atoms with Gasteiger partial charge in [0.25, 0.3) is 5.22 Å². The van der Waals surface area contributed by atoms with Gasteiger partial charge in [-0.3, -0.25) is 4.79 Å². The maximum absolute atomic E-state index is 11.4. The molecular weight excluding hydrogens is 348 g/mol. The summed E-state index contributed by atoms with van der Waals surface area (Å²) in [4.78, 5) is 20.0. The fraction of sp³-hybridized carbons (Fsp3) is 0.118. The number of rotatable bonds is 5. The molecule has 0 bridgehead atoms. The van der Waals surface area contributed by atoms with Gasteiger partial charge in [-0.05, 0) is 43.0 Å². The molecule has 1 aromatic carbocycles. The Morgan fingerprint density at radius 2 is 2.00 bits per heavy atom. The van der Waals surface area contributed by atoms with E-state index in [0.29, 0.717) is 21.7 Å². The number of nitrogens with zero attached hydrogens (tertiary/aromatic N) is 2. The number of halogens is 1. The molecule has 0 saturated carbocycles. The molecule has 0 aliphatic rings. The molecule has 2 aromatic heterocycles. The topological polar surface area (TPSA) is 76.2 Å². The highest BCUT2D eigenvalue weighted by molar-refractivity contribution is 7.99. The van der Waals surface area contributed by atoms with Crippen LogP contribution in [0.1, 0.15) is 18.6 Å². The minimum atomic E-state index is -0.976. The maximum Gasteiger partial charge on any atom is 0.314 e. The zero-order valence-electron chi connectivity index (χ0n) is 12.6. The van der Waals surface area contributed by atoms with E-state index >= 15 is 0 Å². The SMILES string of the molecule is CC(C(=O)O)c1oc(Sc2ccccn2)nc1-c1ccc(Cl)cc1. The van der Waals surface area contributed by atoms with Gasteiger partial charge in [0.2, 0.25) is 0 Å². The van der Waals surface area contributed by atoms with E-state index in [1.54, 1.807) is 37.4 Å². The summed E-state index contributed by atoms with van der Waals surface area (Å²) in [6.45, 7) is 1.57. The molecule has 3 rings (SSSR count). The first kappa shape index (κ1) is 16.5. The zero-order valence-corrected chi connectivity index (χ0v) is 14.2. The maximum atomic E-state index is 11.4. The number of oxazole rings is 1. The summed E-state index contributed by atoms with van der Waals surface area (Å²) in [6.07, 6.45) is 1.67. The first-order valence-corrected chi connectivity index (χ1v) is 8.32. The number of carboxylic acid groups (broad SMARTS) is 1. The van der Waals surface area contributed by atoms with E-state index in [9.17, 15) is 9.90 Å². The second-order valence-electron chi connectivity index (χ2n) is 5.03. The third kappa shape index (κ3) is 3.60. The van der Waals surface area contributed by atoms with Crippen LogP contribution in [0.25, 0.3) is 11.3 Å². The predicted molar refractivity (Wildman–Crippen MR) is 91.4 cm³/mol. The lowest BCUT2D eigenvalue weighted by Crippen LogP contribution is -2.07. The Labute approximate surface area is 147 Å². The van der Waals surface area contributed by atoms with Crippen molar-refractivity contribution in [2.45, 2.75) is 23.1 Å². The highest BCUT2D eigenvalue weighted by Crippen LogP contribution is 2.35. The van der Waals surface area contributed by atoms with Gasteiger partial charge >= 0.3 is 5.97 Å². The number of aromatic nitrogens is 2. The van der Waals surface area contributed by atoms with Gasteiger partial charge in [-0.15, -0.1) is 0 Å². The van der Waals surface area contributed by atoms with Crippen LogP contribution >= 0.6 is 23.4 Å². The summed E-state index contributed by atoms with van der Waals surface area (Å²) < 4.78 is 5.72. The number of aliphatic carboxylic acids is 1. The van der Waals surface area contributed by atoms with Crippen molar-refractivity contribution in [3.63, 3.8) is 0 Å². The largest absolute Gasteiger partial charge is 0.481 e. The molecule has 0 radical (unpaired) electrons. The van der Waals surface area contributed by atoms with Crippen LogP contribution in [0.5, 0.6) is 0 Å². The average molecular weight is 361 g/mol. The van der Waals surface area contributed by atoms with Crippen LogP contribution in [-0.4, -0.2) is 21.0 Å². The predicted octanol–water partition coefficient (Wildman–Crippen LogP) is 4.73. The lowest BCUT2D eigenvalue weighted by Gasteiger charge is -2.05. The van der Waals surface area contributed by atoms with E-state index < -0.39 is 11.9 Å². The van der Waals surface area contributed by atoms with E-state index in [1.165, 1.54) is 11.8 Å². The first-order chi connectivity index (χ1) is 11.5. The molecule has 0 aliphatic carbocycles. The van der Waals surface area contributed by atoms with Crippen molar-refractivity contribution in [1.29, 1.82) is 0 Å². The Morgan fingerprint density at radius 1 is 1.25 bits per heavy atom.